The van der Waals surface area contributed by atoms with Crippen LogP contribution in [0.15, 0.2) is 24.3 Å². The average Bonchev–Trinajstić information content (AvgIpc) is 2.91. The van der Waals surface area contributed by atoms with Crippen molar-refractivity contribution < 1.29 is 13.9 Å². The maximum atomic E-state index is 13.0. The van der Waals surface area contributed by atoms with Gasteiger partial charge in [0.25, 0.3) is 0 Å². The Morgan fingerprint density at radius 1 is 1.43 bits per heavy atom. The number of rotatable bonds is 6. The molecule has 0 saturated heterocycles. The molecule has 1 aliphatic carbocycles. The number of hydrogen-bond donors (Lipinski definition) is 2. The highest BCUT2D eigenvalue weighted by Gasteiger charge is 2.25. The van der Waals surface area contributed by atoms with E-state index in [0.29, 0.717) is 6.54 Å². The minimum atomic E-state index is -0.216. The van der Waals surface area contributed by atoms with Gasteiger partial charge in [-0.05, 0) is 49.8 Å². The summed E-state index contributed by atoms with van der Waals surface area (Å²) in [4.78, 5) is 11.7. The highest BCUT2D eigenvalue weighted by molar-refractivity contribution is 5.74. The second-order valence-corrected chi connectivity index (χ2v) is 5.50. The Balaban J connectivity index is 1.59. The van der Waals surface area contributed by atoms with E-state index in [0.717, 1.165) is 37.7 Å². The van der Waals surface area contributed by atoms with Gasteiger partial charge in [-0.2, -0.15) is 0 Å². The molecule has 2 atom stereocenters. The van der Waals surface area contributed by atoms with Crippen LogP contribution in [-0.2, 0) is 11.2 Å². The van der Waals surface area contributed by atoms with E-state index in [9.17, 15) is 9.18 Å². The number of amides is 2. The molecule has 1 aliphatic rings. The molecular formula is C16H23FN2O2. The number of ether oxygens (including phenoxy) is 1. The van der Waals surface area contributed by atoms with Gasteiger partial charge in [-0.25, -0.2) is 9.18 Å². The first-order valence-corrected chi connectivity index (χ1v) is 7.49. The van der Waals surface area contributed by atoms with Crippen molar-refractivity contribution in [1.82, 2.24) is 10.6 Å². The standard InChI is InChI=1S/C16H23FN2O2/c1-21-15-8-7-14(11-15)19-16(20)18-9-3-5-12-4-2-6-13(17)10-12/h2,4,6,10,14-15H,3,5,7-9,11H2,1H3,(H2,18,19,20). The number of aryl methyl sites for hydroxylation is 1. The largest absolute Gasteiger partial charge is 0.381 e. The van der Waals surface area contributed by atoms with E-state index in [4.69, 9.17) is 4.74 Å². The molecule has 0 aliphatic heterocycles. The molecule has 0 heterocycles. The van der Waals surface area contributed by atoms with Crippen LogP contribution in [0.2, 0.25) is 0 Å². The molecule has 1 aromatic rings. The van der Waals surface area contributed by atoms with Crippen LogP contribution in [-0.4, -0.2) is 31.8 Å². The van der Waals surface area contributed by atoms with Crippen LogP contribution in [0.5, 0.6) is 0 Å². The minimum Gasteiger partial charge on any atom is -0.381 e. The minimum absolute atomic E-state index is 0.129. The van der Waals surface area contributed by atoms with Gasteiger partial charge < -0.3 is 15.4 Å². The van der Waals surface area contributed by atoms with E-state index in [-0.39, 0.29) is 24.0 Å². The predicted octanol–water partition coefficient (Wildman–Crippen LogP) is 2.63. The van der Waals surface area contributed by atoms with Crippen molar-refractivity contribution in [3.63, 3.8) is 0 Å². The Kier molecular flexibility index (Phi) is 5.99. The van der Waals surface area contributed by atoms with Crippen LogP contribution in [0.4, 0.5) is 9.18 Å². The summed E-state index contributed by atoms with van der Waals surface area (Å²) in [5, 5.41) is 5.80. The first kappa shape index (κ1) is 15.8. The molecule has 1 saturated carbocycles. The van der Waals surface area contributed by atoms with Crippen LogP contribution >= 0.6 is 0 Å². The second-order valence-electron chi connectivity index (χ2n) is 5.50. The third kappa shape index (κ3) is 5.34. The van der Waals surface area contributed by atoms with E-state index in [1.165, 1.54) is 12.1 Å². The predicted molar refractivity (Wildman–Crippen MR) is 79.7 cm³/mol. The number of urea groups is 1. The van der Waals surface area contributed by atoms with Gasteiger partial charge in [0.2, 0.25) is 0 Å². The lowest BCUT2D eigenvalue weighted by Gasteiger charge is -2.13. The van der Waals surface area contributed by atoms with Crippen molar-refractivity contribution in [2.75, 3.05) is 13.7 Å². The fourth-order valence-electron chi connectivity index (χ4n) is 2.71. The van der Waals surface area contributed by atoms with Gasteiger partial charge in [0.1, 0.15) is 5.82 Å². The van der Waals surface area contributed by atoms with Crippen LogP contribution < -0.4 is 10.6 Å². The first-order chi connectivity index (χ1) is 10.2. The molecular weight excluding hydrogens is 271 g/mol. The third-order valence-electron chi connectivity index (χ3n) is 3.87. The van der Waals surface area contributed by atoms with Gasteiger partial charge in [0.05, 0.1) is 6.10 Å². The molecule has 0 radical (unpaired) electrons. The lowest BCUT2D eigenvalue weighted by atomic mass is 10.1. The summed E-state index contributed by atoms with van der Waals surface area (Å²) in [6.07, 6.45) is 4.67. The van der Waals surface area contributed by atoms with Gasteiger partial charge in [-0.1, -0.05) is 12.1 Å². The van der Waals surface area contributed by atoms with Gasteiger partial charge in [0.15, 0.2) is 0 Å². The molecule has 2 N–H and O–H groups in total. The molecule has 2 rings (SSSR count). The zero-order valence-corrected chi connectivity index (χ0v) is 12.4. The Bertz CT molecular complexity index is 467. The van der Waals surface area contributed by atoms with Gasteiger partial charge in [0, 0.05) is 19.7 Å². The number of hydrogen-bond acceptors (Lipinski definition) is 2. The van der Waals surface area contributed by atoms with Crippen LogP contribution in [0.25, 0.3) is 0 Å². The summed E-state index contributed by atoms with van der Waals surface area (Å²) < 4.78 is 18.3. The molecule has 2 unspecified atom stereocenters. The van der Waals surface area contributed by atoms with Crippen molar-refractivity contribution in [1.29, 1.82) is 0 Å². The zero-order chi connectivity index (χ0) is 15.1. The number of methoxy groups -OCH3 is 1. The maximum absolute atomic E-state index is 13.0. The summed E-state index contributed by atoms with van der Waals surface area (Å²) >= 11 is 0. The van der Waals surface area contributed by atoms with E-state index >= 15 is 0 Å². The van der Waals surface area contributed by atoms with Gasteiger partial charge in [-0.15, -0.1) is 0 Å². The van der Waals surface area contributed by atoms with E-state index < -0.39 is 0 Å². The van der Waals surface area contributed by atoms with Crippen molar-refractivity contribution in [3.8, 4) is 0 Å². The summed E-state index contributed by atoms with van der Waals surface area (Å²) in [5.41, 5.74) is 0.955. The number of benzene rings is 1. The topological polar surface area (TPSA) is 50.4 Å². The maximum Gasteiger partial charge on any atom is 0.315 e. The zero-order valence-electron chi connectivity index (χ0n) is 12.4. The number of carbonyl (C=O) groups excluding carboxylic acids is 1. The molecule has 0 aromatic heterocycles. The molecule has 4 nitrogen and oxygen atoms in total. The van der Waals surface area contributed by atoms with Crippen molar-refractivity contribution in [2.24, 2.45) is 0 Å². The Morgan fingerprint density at radius 3 is 3.00 bits per heavy atom. The van der Waals surface area contributed by atoms with Crippen LogP contribution in [0.1, 0.15) is 31.2 Å². The SMILES string of the molecule is COC1CCC(NC(=O)NCCCc2cccc(F)c2)C1. The molecule has 0 spiro atoms. The quantitative estimate of drug-likeness (QED) is 0.792. The number of carbonyl (C=O) groups is 1. The average molecular weight is 294 g/mol. The van der Waals surface area contributed by atoms with E-state index in [1.54, 1.807) is 13.2 Å². The summed E-state index contributed by atoms with van der Waals surface area (Å²) in [6.45, 7) is 0.586. The molecule has 2 amide bonds. The van der Waals surface area contributed by atoms with Crippen molar-refractivity contribution >= 4 is 6.03 Å². The normalized spacial score (nSPS) is 21.2. The lowest BCUT2D eigenvalue weighted by Crippen LogP contribution is -2.41. The monoisotopic (exact) mass is 294 g/mol. The Hall–Kier alpha value is -1.62. The third-order valence-corrected chi connectivity index (χ3v) is 3.87. The first-order valence-electron chi connectivity index (χ1n) is 7.49. The Morgan fingerprint density at radius 2 is 2.29 bits per heavy atom. The Labute approximate surface area is 125 Å². The lowest BCUT2D eigenvalue weighted by molar-refractivity contribution is 0.107. The van der Waals surface area contributed by atoms with Crippen molar-refractivity contribution in [3.05, 3.63) is 35.6 Å². The van der Waals surface area contributed by atoms with E-state index in [2.05, 4.69) is 10.6 Å². The fourth-order valence-corrected chi connectivity index (χ4v) is 2.71. The van der Waals surface area contributed by atoms with Crippen LogP contribution in [0.3, 0.4) is 0 Å². The second kappa shape index (κ2) is 7.98. The highest BCUT2D eigenvalue weighted by atomic mass is 19.1. The molecule has 1 fully saturated rings. The molecule has 116 valence electrons. The van der Waals surface area contributed by atoms with Crippen molar-refractivity contribution in [2.45, 2.75) is 44.2 Å². The van der Waals surface area contributed by atoms with Crippen LogP contribution in [0, 0.1) is 5.82 Å². The van der Waals surface area contributed by atoms with E-state index in [1.807, 2.05) is 6.07 Å². The molecule has 0 bridgehead atoms. The summed E-state index contributed by atoms with van der Waals surface area (Å²) in [7, 11) is 1.71. The smallest absolute Gasteiger partial charge is 0.315 e. The van der Waals surface area contributed by atoms with Gasteiger partial charge in [-0.3, -0.25) is 0 Å². The molecule has 21 heavy (non-hydrogen) atoms. The molecule has 1 aromatic carbocycles. The summed E-state index contributed by atoms with van der Waals surface area (Å²) in [5.74, 6) is -0.216. The fraction of sp³-hybridized carbons (Fsp3) is 0.562. The number of nitrogens with one attached hydrogen (secondary N) is 2. The highest BCUT2D eigenvalue weighted by Crippen LogP contribution is 2.21. The number of halogens is 1. The van der Waals surface area contributed by atoms with Gasteiger partial charge >= 0.3 is 6.03 Å². The molecule has 5 heteroatoms. The summed E-state index contributed by atoms with van der Waals surface area (Å²) in [6, 6.07) is 6.64.